The van der Waals surface area contributed by atoms with Crippen LogP contribution in [0.25, 0.3) is 0 Å². The fourth-order valence-corrected chi connectivity index (χ4v) is 1.81. The Morgan fingerprint density at radius 2 is 2.16 bits per heavy atom. The summed E-state index contributed by atoms with van der Waals surface area (Å²) >= 11 is 0. The van der Waals surface area contributed by atoms with Crippen LogP contribution in [0.2, 0.25) is 0 Å². The van der Waals surface area contributed by atoms with E-state index in [1.165, 1.54) is 6.07 Å². The van der Waals surface area contributed by atoms with Gasteiger partial charge >= 0.3 is 0 Å². The minimum absolute atomic E-state index is 0.428. The van der Waals surface area contributed by atoms with E-state index in [4.69, 9.17) is 0 Å². The van der Waals surface area contributed by atoms with E-state index in [2.05, 4.69) is 16.9 Å². The zero-order valence-corrected chi connectivity index (χ0v) is 10.7. The van der Waals surface area contributed by atoms with Gasteiger partial charge in [-0.3, -0.25) is 0 Å². The van der Waals surface area contributed by atoms with Crippen molar-refractivity contribution in [3.05, 3.63) is 59.9 Å². The summed E-state index contributed by atoms with van der Waals surface area (Å²) in [7, 11) is 0. The van der Waals surface area contributed by atoms with E-state index < -0.39 is 11.6 Å². The normalized spacial score (nSPS) is 10.5. The minimum Gasteiger partial charge on any atom is -0.352 e. The number of rotatable bonds is 5. The van der Waals surface area contributed by atoms with Crippen molar-refractivity contribution in [3.63, 3.8) is 0 Å². The topological polar surface area (TPSA) is 29.9 Å². The molecule has 2 aromatic rings. The van der Waals surface area contributed by atoms with Crippen LogP contribution in [0.3, 0.4) is 0 Å². The zero-order valence-electron chi connectivity index (χ0n) is 10.7. The van der Waals surface area contributed by atoms with Crippen LogP contribution in [0, 0.1) is 18.6 Å². The third kappa shape index (κ3) is 3.19. The van der Waals surface area contributed by atoms with E-state index in [9.17, 15) is 8.78 Å². The third-order valence-corrected chi connectivity index (χ3v) is 2.64. The fourth-order valence-electron chi connectivity index (χ4n) is 1.81. The highest BCUT2D eigenvalue weighted by Crippen LogP contribution is 2.14. The van der Waals surface area contributed by atoms with Crippen molar-refractivity contribution >= 4 is 5.95 Å². The number of halogens is 2. The first-order valence-corrected chi connectivity index (χ1v) is 5.92. The Labute approximate surface area is 110 Å². The minimum atomic E-state index is -0.838. The summed E-state index contributed by atoms with van der Waals surface area (Å²) in [6.45, 7) is 6.52. The standard InChI is InChI=1S/C14H15F2N3/c1-3-6-17-14-18-10(2)8-19(14)9-11-4-5-12(15)13(16)7-11/h3-5,7-8H,1,6,9H2,2H3,(H,17,18). The second-order valence-electron chi connectivity index (χ2n) is 4.25. The highest BCUT2D eigenvalue weighted by atomic mass is 19.2. The molecule has 0 unspecified atom stereocenters. The zero-order chi connectivity index (χ0) is 13.8. The van der Waals surface area contributed by atoms with Gasteiger partial charge in [-0.05, 0) is 24.6 Å². The summed E-state index contributed by atoms with van der Waals surface area (Å²) < 4.78 is 27.9. The molecule has 0 amide bonds. The van der Waals surface area contributed by atoms with Crippen molar-refractivity contribution in [2.45, 2.75) is 13.5 Å². The van der Waals surface area contributed by atoms with Crippen LogP contribution in [0.4, 0.5) is 14.7 Å². The Balaban J connectivity index is 2.21. The maximum atomic E-state index is 13.2. The number of nitrogens with one attached hydrogen (secondary N) is 1. The second-order valence-corrected chi connectivity index (χ2v) is 4.25. The summed E-state index contributed by atoms with van der Waals surface area (Å²) in [5, 5.41) is 3.10. The van der Waals surface area contributed by atoms with Crippen LogP contribution in [-0.2, 0) is 6.54 Å². The van der Waals surface area contributed by atoms with Crippen LogP contribution >= 0.6 is 0 Å². The molecule has 1 N–H and O–H groups in total. The fraction of sp³-hybridized carbons (Fsp3) is 0.214. The number of hydrogen-bond donors (Lipinski definition) is 1. The Morgan fingerprint density at radius 1 is 1.37 bits per heavy atom. The molecule has 1 aromatic carbocycles. The molecular formula is C14H15F2N3. The van der Waals surface area contributed by atoms with Crippen LogP contribution < -0.4 is 5.32 Å². The van der Waals surface area contributed by atoms with Gasteiger partial charge in [0, 0.05) is 12.7 Å². The molecular weight excluding hydrogens is 248 g/mol. The van der Waals surface area contributed by atoms with E-state index >= 15 is 0 Å². The van der Waals surface area contributed by atoms with Gasteiger partial charge < -0.3 is 9.88 Å². The van der Waals surface area contributed by atoms with E-state index in [0.29, 0.717) is 24.6 Å². The van der Waals surface area contributed by atoms with Gasteiger partial charge in [-0.15, -0.1) is 6.58 Å². The molecule has 1 heterocycles. The molecule has 0 aliphatic carbocycles. The SMILES string of the molecule is C=CCNc1nc(C)cn1Cc1ccc(F)c(F)c1. The lowest BCUT2D eigenvalue weighted by Crippen LogP contribution is -2.08. The average Bonchev–Trinajstić information content (AvgIpc) is 2.71. The van der Waals surface area contributed by atoms with Gasteiger partial charge in [0.25, 0.3) is 0 Å². The van der Waals surface area contributed by atoms with E-state index in [0.717, 1.165) is 11.8 Å². The van der Waals surface area contributed by atoms with E-state index in [1.807, 2.05) is 17.7 Å². The maximum Gasteiger partial charge on any atom is 0.203 e. The first kappa shape index (κ1) is 13.3. The molecule has 3 nitrogen and oxygen atoms in total. The summed E-state index contributed by atoms with van der Waals surface area (Å²) in [6.07, 6.45) is 3.58. The number of aryl methyl sites for hydroxylation is 1. The van der Waals surface area contributed by atoms with Crippen molar-refractivity contribution < 1.29 is 8.78 Å². The molecule has 0 aliphatic rings. The Kier molecular flexibility index (Phi) is 3.94. The number of aromatic nitrogens is 2. The Morgan fingerprint density at radius 3 is 2.84 bits per heavy atom. The number of imidazole rings is 1. The van der Waals surface area contributed by atoms with Crippen molar-refractivity contribution in [2.75, 3.05) is 11.9 Å². The van der Waals surface area contributed by atoms with Crippen LogP contribution in [-0.4, -0.2) is 16.1 Å². The molecule has 1 aromatic heterocycles. The first-order valence-electron chi connectivity index (χ1n) is 5.92. The predicted octanol–water partition coefficient (Wildman–Crippen LogP) is 3.12. The molecule has 0 saturated heterocycles. The van der Waals surface area contributed by atoms with Crippen molar-refractivity contribution in [3.8, 4) is 0 Å². The smallest absolute Gasteiger partial charge is 0.203 e. The lowest BCUT2D eigenvalue weighted by molar-refractivity contribution is 0.506. The molecule has 2 rings (SSSR count). The molecule has 5 heteroatoms. The number of benzene rings is 1. The van der Waals surface area contributed by atoms with Gasteiger partial charge in [-0.1, -0.05) is 12.1 Å². The third-order valence-electron chi connectivity index (χ3n) is 2.64. The molecule has 0 fully saturated rings. The second kappa shape index (κ2) is 5.65. The summed E-state index contributed by atoms with van der Waals surface area (Å²) in [6, 6.07) is 3.89. The largest absolute Gasteiger partial charge is 0.352 e. The van der Waals surface area contributed by atoms with Gasteiger partial charge in [0.05, 0.1) is 12.2 Å². The molecule has 0 spiro atoms. The van der Waals surface area contributed by atoms with Gasteiger partial charge in [0.15, 0.2) is 11.6 Å². The molecule has 0 atom stereocenters. The highest BCUT2D eigenvalue weighted by Gasteiger charge is 2.07. The average molecular weight is 263 g/mol. The molecule has 0 radical (unpaired) electrons. The first-order chi connectivity index (χ1) is 9.10. The van der Waals surface area contributed by atoms with Gasteiger partial charge in [-0.25, -0.2) is 13.8 Å². The Bertz CT molecular complexity index is 590. The predicted molar refractivity (Wildman–Crippen MR) is 71.1 cm³/mol. The van der Waals surface area contributed by atoms with Gasteiger partial charge in [0.1, 0.15) is 0 Å². The molecule has 0 saturated carbocycles. The summed E-state index contributed by atoms with van der Waals surface area (Å²) in [4.78, 5) is 4.32. The van der Waals surface area contributed by atoms with Crippen molar-refractivity contribution in [2.24, 2.45) is 0 Å². The van der Waals surface area contributed by atoms with E-state index in [-0.39, 0.29) is 0 Å². The quantitative estimate of drug-likeness (QED) is 0.840. The summed E-state index contributed by atoms with van der Waals surface area (Å²) in [5.41, 5.74) is 1.53. The number of nitrogens with zero attached hydrogens (tertiary/aromatic N) is 2. The Hall–Kier alpha value is -2.17. The maximum absolute atomic E-state index is 13.2. The number of hydrogen-bond acceptors (Lipinski definition) is 2. The van der Waals surface area contributed by atoms with E-state index in [1.54, 1.807) is 12.1 Å². The highest BCUT2D eigenvalue weighted by molar-refractivity contribution is 5.31. The lowest BCUT2D eigenvalue weighted by atomic mass is 10.2. The molecule has 0 bridgehead atoms. The van der Waals surface area contributed by atoms with Gasteiger partial charge in [0.2, 0.25) is 5.95 Å². The molecule has 100 valence electrons. The van der Waals surface area contributed by atoms with Crippen LogP contribution in [0.15, 0.2) is 37.1 Å². The van der Waals surface area contributed by atoms with Crippen LogP contribution in [0.1, 0.15) is 11.3 Å². The van der Waals surface area contributed by atoms with Gasteiger partial charge in [-0.2, -0.15) is 0 Å². The van der Waals surface area contributed by atoms with Crippen LogP contribution in [0.5, 0.6) is 0 Å². The molecule has 19 heavy (non-hydrogen) atoms. The van der Waals surface area contributed by atoms with Crippen molar-refractivity contribution in [1.82, 2.24) is 9.55 Å². The lowest BCUT2D eigenvalue weighted by Gasteiger charge is -2.08. The number of anilines is 1. The molecule has 0 aliphatic heterocycles. The summed E-state index contributed by atoms with van der Waals surface area (Å²) in [5.74, 6) is -0.993. The van der Waals surface area contributed by atoms with Crippen molar-refractivity contribution in [1.29, 1.82) is 0 Å². The monoisotopic (exact) mass is 263 g/mol.